The van der Waals surface area contributed by atoms with Gasteiger partial charge in [0.2, 0.25) is 0 Å². The van der Waals surface area contributed by atoms with Gasteiger partial charge in [-0.1, -0.05) is 6.08 Å². The van der Waals surface area contributed by atoms with Crippen molar-refractivity contribution >= 4 is 23.6 Å². The molecule has 3 heterocycles. The van der Waals surface area contributed by atoms with Crippen molar-refractivity contribution in [2.75, 3.05) is 51.7 Å². The van der Waals surface area contributed by atoms with E-state index in [-0.39, 0.29) is 5.91 Å². The summed E-state index contributed by atoms with van der Waals surface area (Å²) in [5.41, 5.74) is 1.13. The molecule has 0 unspecified atom stereocenters. The Kier molecular flexibility index (Phi) is 6.54. The Morgan fingerprint density at radius 2 is 2.19 bits per heavy atom. The highest BCUT2D eigenvalue weighted by molar-refractivity contribution is 5.93. The van der Waals surface area contributed by atoms with Crippen molar-refractivity contribution in [1.29, 1.82) is 0 Å². The summed E-state index contributed by atoms with van der Waals surface area (Å²) >= 11 is 0. The van der Waals surface area contributed by atoms with Crippen molar-refractivity contribution in [3.8, 4) is 0 Å². The average molecular weight is 369 g/mol. The van der Waals surface area contributed by atoms with Crippen LogP contribution in [0, 0.1) is 0 Å². The number of anilines is 1. The number of aliphatic imine (C=N–C) groups is 1. The number of rotatable bonds is 6. The lowest BCUT2D eigenvalue weighted by Crippen LogP contribution is -2.30. The Bertz CT molecular complexity index is 827. The average Bonchev–Trinajstić information content (AvgIpc) is 2.98. The predicted molar refractivity (Wildman–Crippen MR) is 108 cm³/mol. The van der Waals surface area contributed by atoms with Gasteiger partial charge in [-0.05, 0) is 44.6 Å². The second kappa shape index (κ2) is 9.27. The number of allylic oxidation sites excluding steroid dienone is 1. The SMILES string of the molecule is CN=C/C=C\CCNC(=O)c1cnc2ccc(N3CCCN(C)CC3)nn12. The van der Waals surface area contributed by atoms with E-state index in [1.54, 1.807) is 24.0 Å². The number of carbonyl (C=O) groups is 1. The lowest BCUT2D eigenvalue weighted by atomic mass is 10.3. The first-order chi connectivity index (χ1) is 13.2. The first-order valence-corrected chi connectivity index (χ1v) is 9.33. The quantitative estimate of drug-likeness (QED) is 0.612. The van der Waals surface area contributed by atoms with E-state index in [4.69, 9.17) is 0 Å². The fraction of sp³-hybridized carbons (Fsp3) is 0.474. The molecule has 2 aromatic rings. The lowest BCUT2D eigenvalue weighted by molar-refractivity contribution is 0.0947. The summed E-state index contributed by atoms with van der Waals surface area (Å²) in [4.78, 5) is 25.3. The minimum Gasteiger partial charge on any atom is -0.354 e. The van der Waals surface area contributed by atoms with Gasteiger partial charge in [-0.2, -0.15) is 0 Å². The molecule has 1 N–H and O–H groups in total. The molecule has 144 valence electrons. The molecule has 27 heavy (non-hydrogen) atoms. The fourth-order valence-electron chi connectivity index (χ4n) is 3.07. The molecule has 0 atom stereocenters. The summed E-state index contributed by atoms with van der Waals surface area (Å²) in [5.74, 6) is 0.715. The van der Waals surface area contributed by atoms with Crippen molar-refractivity contribution in [2.45, 2.75) is 12.8 Å². The molecule has 0 aliphatic carbocycles. The molecule has 2 aromatic heterocycles. The normalized spacial score (nSPS) is 16.4. The maximum absolute atomic E-state index is 12.5. The van der Waals surface area contributed by atoms with Crippen LogP contribution in [0.15, 0.2) is 35.5 Å². The molecule has 8 heteroatoms. The van der Waals surface area contributed by atoms with Crippen LogP contribution < -0.4 is 10.2 Å². The van der Waals surface area contributed by atoms with Gasteiger partial charge < -0.3 is 15.1 Å². The molecule has 0 spiro atoms. The number of imidazole rings is 1. The van der Waals surface area contributed by atoms with E-state index in [2.05, 4.69) is 37.2 Å². The molecule has 0 radical (unpaired) electrons. The summed E-state index contributed by atoms with van der Waals surface area (Å²) < 4.78 is 1.64. The van der Waals surface area contributed by atoms with E-state index < -0.39 is 0 Å². The monoisotopic (exact) mass is 369 g/mol. The zero-order chi connectivity index (χ0) is 19.1. The van der Waals surface area contributed by atoms with Gasteiger partial charge >= 0.3 is 0 Å². The highest BCUT2D eigenvalue weighted by atomic mass is 16.2. The van der Waals surface area contributed by atoms with Crippen LogP contribution in [0.4, 0.5) is 5.82 Å². The third-order valence-corrected chi connectivity index (χ3v) is 4.59. The second-order valence-electron chi connectivity index (χ2n) is 6.63. The number of fused-ring (bicyclic) bond motifs is 1. The first kappa shape index (κ1) is 19.0. The number of hydrogen-bond donors (Lipinski definition) is 1. The molecule has 1 fully saturated rings. The fourth-order valence-corrected chi connectivity index (χ4v) is 3.07. The number of aromatic nitrogens is 3. The van der Waals surface area contributed by atoms with Crippen LogP contribution in [0.5, 0.6) is 0 Å². The van der Waals surface area contributed by atoms with Crippen LogP contribution in [0.2, 0.25) is 0 Å². The third kappa shape index (κ3) is 4.91. The summed E-state index contributed by atoms with van der Waals surface area (Å²) in [6.07, 6.45) is 8.98. The van der Waals surface area contributed by atoms with Crippen LogP contribution in [-0.2, 0) is 0 Å². The highest BCUT2D eigenvalue weighted by Gasteiger charge is 2.17. The molecule has 0 saturated carbocycles. The molecule has 0 aromatic carbocycles. The number of amides is 1. The Morgan fingerprint density at radius 3 is 3.04 bits per heavy atom. The number of nitrogens with zero attached hydrogens (tertiary/aromatic N) is 6. The van der Waals surface area contributed by atoms with Gasteiger partial charge in [-0.15, -0.1) is 5.10 Å². The minimum atomic E-state index is -0.166. The zero-order valence-electron chi connectivity index (χ0n) is 16.0. The van der Waals surface area contributed by atoms with E-state index >= 15 is 0 Å². The molecular weight excluding hydrogens is 342 g/mol. The van der Waals surface area contributed by atoms with Crippen molar-refractivity contribution in [1.82, 2.24) is 24.8 Å². The van der Waals surface area contributed by atoms with Gasteiger partial charge in [0.1, 0.15) is 5.82 Å². The highest BCUT2D eigenvalue weighted by Crippen LogP contribution is 2.15. The van der Waals surface area contributed by atoms with Gasteiger partial charge in [0.15, 0.2) is 11.3 Å². The number of likely N-dealkylation sites (N-methyl/N-ethyl adjacent to an activating group) is 1. The minimum absolute atomic E-state index is 0.166. The van der Waals surface area contributed by atoms with Crippen LogP contribution >= 0.6 is 0 Å². The molecule has 3 rings (SSSR count). The third-order valence-electron chi connectivity index (χ3n) is 4.59. The van der Waals surface area contributed by atoms with Crippen LogP contribution in [-0.4, -0.2) is 78.4 Å². The maximum Gasteiger partial charge on any atom is 0.271 e. The number of hydrogen-bond acceptors (Lipinski definition) is 6. The van der Waals surface area contributed by atoms with E-state index in [0.29, 0.717) is 17.9 Å². The van der Waals surface area contributed by atoms with Crippen molar-refractivity contribution < 1.29 is 4.79 Å². The molecule has 1 amide bonds. The van der Waals surface area contributed by atoms with Gasteiger partial charge in [0, 0.05) is 39.4 Å². The van der Waals surface area contributed by atoms with Crippen LogP contribution in [0.25, 0.3) is 5.65 Å². The van der Waals surface area contributed by atoms with Crippen molar-refractivity contribution in [2.24, 2.45) is 4.99 Å². The Hall–Kier alpha value is -2.74. The first-order valence-electron chi connectivity index (χ1n) is 9.33. The smallest absolute Gasteiger partial charge is 0.271 e. The number of nitrogens with one attached hydrogen (secondary N) is 1. The Labute approximate surface area is 159 Å². The van der Waals surface area contributed by atoms with E-state index in [1.165, 1.54) is 0 Å². The van der Waals surface area contributed by atoms with Crippen molar-refractivity contribution in [3.05, 3.63) is 36.2 Å². The molecule has 0 bridgehead atoms. The maximum atomic E-state index is 12.5. The lowest BCUT2D eigenvalue weighted by Gasteiger charge is -2.21. The topological polar surface area (TPSA) is 78.1 Å². The number of carbonyl (C=O) groups excluding carboxylic acids is 1. The molecular formula is C19H27N7O. The van der Waals surface area contributed by atoms with Crippen molar-refractivity contribution in [3.63, 3.8) is 0 Å². The second-order valence-corrected chi connectivity index (χ2v) is 6.63. The summed E-state index contributed by atoms with van der Waals surface area (Å²) in [5, 5.41) is 7.60. The Balaban J connectivity index is 1.70. The predicted octanol–water partition coefficient (Wildman–Crippen LogP) is 1.25. The van der Waals surface area contributed by atoms with E-state index in [9.17, 15) is 4.79 Å². The largest absolute Gasteiger partial charge is 0.354 e. The summed E-state index contributed by atoms with van der Waals surface area (Å²) in [6.45, 7) is 4.55. The Morgan fingerprint density at radius 1 is 1.30 bits per heavy atom. The van der Waals surface area contributed by atoms with Gasteiger partial charge in [0.25, 0.3) is 5.91 Å². The van der Waals surface area contributed by atoms with Gasteiger partial charge in [-0.3, -0.25) is 9.79 Å². The standard InChI is InChI=1S/C19H27N7O/c1-20-9-4-3-5-10-21-19(27)16-15-22-17-7-8-18(23-26(16)17)25-12-6-11-24(2)13-14-25/h3-4,7-9,15H,5-6,10-14H2,1-2H3,(H,21,27)/b4-3-,20-9?. The summed E-state index contributed by atoms with van der Waals surface area (Å²) in [6, 6.07) is 3.90. The zero-order valence-corrected chi connectivity index (χ0v) is 16.0. The molecule has 8 nitrogen and oxygen atoms in total. The van der Waals surface area contributed by atoms with Crippen LogP contribution in [0.3, 0.4) is 0 Å². The molecule has 1 aliphatic rings. The van der Waals surface area contributed by atoms with Crippen LogP contribution in [0.1, 0.15) is 23.3 Å². The summed E-state index contributed by atoms with van der Waals surface area (Å²) in [7, 11) is 3.87. The molecule has 1 saturated heterocycles. The van der Waals surface area contributed by atoms with E-state index in [1.807, 2.05) is 24.3 Å². The van der Waals surface area contributed by atoms with Gasteiger partial charge in [-0.25, -0.2) is 9.50 Å². The molecule has 1 aliphatic heterocycles. The van der Waals surface area contributed by atoms with E-state index in [0.717, 1.165) is 44.8 Å². The van der Waals surface area contributed by atoms with Gasteiger partial charge in [0.05, 0.1) is 6.20 Å².